The van der Waals surface area contributed by atoms with Gasteiger partial charge in [0, 0.05) is 6.42 Å². The van der Waals surface area contributed by atoms with Crippen LogP contribution in [0.15, 0.2) is 11.6 Å². The zero-order valence-electron chi connectivity index (χ0n) is 22.6. The monoisotopic (exact) mass is 472 g/mol. The van der Waals surface area contributed by atoms with E-state index < -0.39 is 17.2 Å². The number of aliphatic carboxylic acids is 1. The minimum atomic E-state index is -2.16. The number of hydrogen-bond donors (Lipinski definition) is 3. The standard InChI is InChI=1S/C30H48O4/c1-18-10-12-25(3)14-16-27(5)20(23(25)19(18)2)8-9-21-26(4)15-17-30(33,34)29(7,24(31)32)22(26)11-13-28(21,27)6/h8,18-19,21-23,33-34H,9-17H2,1-7H3,(H,31,32)/t18-,19+,21-,22?,23+,25-,26-,27-,28-,29?/m1/s1. The lowest BCUT2D eigenvalue weighted by molar-refractivity contribution is -0.311. The predicted octanol–water partition coefficient (Wildman–Crippen LogP) is 6.41. The molecule has 0 bridgehead atoms. The third-order valence-corrected chi connectivity index (χ3v) is 13.6. The van der Waals surface area contributed by atoms with Gasteiger partial charge >= 0.3 is 5.97 Å². The van der Waals surface area contributed by atoms with Gasteiger partial charge in [-0.1, -0.05) is 53.2 Å². The SMILES string of the molecule is C[C@H]1[C@H](C)CC[C@]2(C)CC[C@]3(C)C(=CC[C@@H]4[C@@]5(C)CCC(O)(O)C(C)(C(=O)O)C5CC[C@]43C)[C@H]12. The van der Waals surface area contributed by atoms with Gasteiger partial charge in [-0.15, -0.1) is 0 Å². The van der Waals surface area contributed by atoms with Crippen molar-refractivity contribution in [3.63, 3.8) is 0 Å². The van der Waals surface area contributed by atoms with Crippen LogP contribution in [-0.4, -0.2) is 27.1 Å². The Labute approximate surface area is 206 Å². The van der Waals surface area contributed by atoms with Crippen LogP contribution in [0.1, 0.15) is 106 Å². The van der Waals surface area contributed by atoms with Crippen LogP contribution in [0.25, 0.3) is 0 Å². The molecule has 2 unspecified atom stereocenters. The highest BCUT2D eigenvalue weighted by atomic mass is 16.5. The summed E-state index contributed by atoms with van der Waals surface area (Å²) in [6.07, 6.45) is 11.3. The summed E-state index contributed by atoms with van der Waals surface area (Å²) in [6, 6.07) is 0. The first-order valence-electron chi connectivity index (χ1n) is 14.0. The van der Waals surface area contributed by atoms with Crippen molar-refractivity contribution >= 4 is 5.97 Å². The number of aliphatic hydroxyl groups is 2. The largest absolute Gasteiger partial charge is 0.481 e. The summed E-state index contributed by atoms with van der Waals surface area (Å²) in [5.41, 5.74) is 0.607. The van der Waals surface area contributed by atoms with Crippen LogP contribution < -0.4 is 0 Å². The summed E-state index contributed by atoms with van der Waals surface area (Å²) in [5, 5.41) is 32.0. The minimum Gasteiger partial charge on any atom is -0.481 e. The van der Waals surface area contributed by atoms with Crippen molar-refractivity contribution in [1.82, 2.24) is 0 Å². The molecule has 4 nitrogen and oxygen atoms in total. The molecular formula is C30H48O4. The second-order valence-corrected chi connectivity index (χ2v) is 14.6. The Kier molecular flexibility index (Phi) is 5.20. The summed E-state index contributed by atoms with van der Waals surface area (Å²) >= 11 is 0. The molecule has 3 N–H and O–H groups in total. The van der Waals surface area contributed by atoms with Crippen LogP contribution in [0.4, 0.5) is 0 Å². The summed E-state index contributed by atoms with van der Waals surface area (Å²) in [4.78, 5) is 12.5. The molecule has 34 heavy (non-hydrogen) atoms. The first-order valence-corrected chi connectivity index (χ1v) is 14.0. The molecule has 5 rings (SSSR count). The van der Waals surface area contributed by atoms with E-state index in [2.05, 4.69) is 47.6 Å². The van der Waals surface area contributed by atoms with E-state index >= 15 is 0 Å². The maximum Gasteiger partial charge on any atom is 0.315 e. The molecule has 0 radical (unpaired) electrons. The molecule has 10 atom stereocenters. The smallest absolute Gasteiger partial charge is 0.315 e. The fourth-order valence-corrected chi connectivity index (χ4v) is 10.8. The van der Waals surface area contributed by atoms with Gasteiger partial charge in [-0.25, -0.2) is 0 Å². The van der Waals surface area contributed by atoms with Gasteiger partial charge in [-0.2, -0.15) is 0 Å². The van der Waals surface area contributed by atoms with Gasteiger partial charge in [0.2, 0.25) is 0 Å². The van der Waals surface area contributed by atoms with Gasteiger partial charge in [-0.3, -0.25) is 4.79 Å². The molecule has 0 aliphatic heterocycles. The van der Waals surface area contributed by atoms with E-state index in [4.69, 9.17) is 0 Å². The Morgan fingerprint density at radius 2 is 1.56 bits per heavy atom. The number of hydrogen-bond acceptors (Lipinski definition) is 3. The first-order chi connectivity index (χ1) is 15.6. The Balaban J connectivity index is 1.60. The van der Waals surface area contributed by atoms with Gasteiger partial charge in [-0.05, 0) is 110 Å². The molecule has 5 aliphatic carbocycles. The van der Waals surface area contributed by atoms with Crippen LogP contribution >= 0.6 is 0 Å². The van der Waals surface area contributed by atoms with Crippen molar-refractivity contribution in [2.75, 3.05) is 0 Å². The van der Waals surface area contributed by atoms with Gasteiger partial charge in [0.1, 0.15) is 5.41 Å². The van der Waals surface area contributed by atoms with Gasteiger partial charge < -0.3 is 15.3 Å². The van der Waals surface area contributed by atoms with Crippen LogP contribution in [0.5, 0.6) is 0 Å². The van der Waals surface area contributed by atoms with Gasteiger partial charge in [0.05, 0.1) is 0 Å². The number of allylic oxidation sites excluding steroid dienone is 2. The Hall–Kier alpha value is -0.870. The van der Waals surface area contributed by atoms with E-state index in [1.165, 1.54) is 25.7 Å². The van der Waals surface area contributed by atoms with Crippen molar-refractivity contribution in [3.8, 4) is 0 Å². The van der Waals surface area contributed by atoms with Crippen molar-refractivity contribution in [1.29, 1.82) is 0 Å². The van der Waals surface area contributed by atoms with Crippen LogP contribution in [0, 0.1) is 56.7 Å². The first kappa shape index (κ1) is 24.8. The van der Waals surface area contributed by atoms with Crippen molar-refractivity contribution in [3.05, 3.63) is 11.6 Å². The number of rotatable bonds is 1. The van der Waals surface area contributed by atoms with Gasteiger partial charge in [0.15, 0.2) is 5.79 Å². The molecule has 4 saturated carbocycles. The summed E-state index contributed by atoms with van der Waals surface area (Å²) in [6.45, 7) is 16.4. The number of fused-ring (bicyclic) bond motifs is 7. The van der Waals surface area contributed by atoms with E-state index in [1.54, 1.807) is 12.5 Å². The average Bonchev–Trinajstić information content (AvgIpc) is 2.75. The summed E-state index contributed by atoms with van der Waals surface area (Å²) in [5.74, 6) is -0.979. The topological polar surface area (TPSA) is 77.8 Å². The minimum absolute atomic E-state index is 0.106. The second-order valence-electron chi connectivity index (χ2n) is 14.6. The lowest BCUT2D eigenvalue weighted by atomic mass is 9.33. The number of carbonyl (C=O) groups is 1. The van der Waals surface area contributed by atoms with Crippen LogP contribution in [0.2, 0.25) is 0 Å². The van der Waals surface area contributed by atoms with Crippen molar-refractivity contribution < 1.29 is 20.1 Å². The maximum atomic E-state index is 12.5. The highest BCUT2D eigenvalue weighted by molar-refractivity contribution is 5.76. The van der Waals surface area contributed by atoms with Crippen LogP contribution in [0.3, 0.4) is 0 Å². The Morgan fingerprint density at radius 1 is 0.882 bits per heavy atom. The Morgan fingerprint density at radius 3 is 2.21 bits per heavy atom. The van der Waals surface area contributed by atoms with Gasteiger partial charge in [0.25, 0.3) is 0 Å². The summed E-state index contributed by atoms with van der Waals surface area (Å²) in [7, 11) is 0. The molecule has 0 spiro atoms. The lowest BCUT2D eigenvalue weighted by Gasteiger charge is -2.71. The molecule has 0 aromatic carbocycles. The molecule has 4 heteroatoms. The zero-order valence-corrected chi connectivity index (χ0v) is 22.6. The lowest BCUT2D eigenvalue weighted by Crippen LogP contribution is -2.69. The van der Waals surface area contributed by atoms with Crippen LogP contribution in [-0.2, 0) is 4.79 Å². The molecule has 0 aromatic rings. The molecule has 4 fully saturated rings. The molecular weight excluding hydrogens is 424 g/mol. The molecule has 0 heterocycles. The molecule has 0 aromatic heterocycles. The molecule has 0 amide bonds. The normalized spacial score (nSPS) is 56.3. The third-order valence-electron chi connectivity index (χ3n) is 13.6. The summed E-state index contributed by atoms with van der Waals surface area (Å²) < 4.78 is 0. The van der Waals surface area contributed by atoms with E-state index in [0.717, 1.165) is 25.2 Å². The second kappa shape index (κ2) is 7.12. The number of carboxylic acid groups (broad SMARTS) is 1. The molecule has 5 aliphatic rings. The average molecular weight is 473 g/mol. The maximum absolute atomic E-state index is 12.5. The zero-order chi connectivity index (χ0) is 25.1. The highest BCUT2D eigenvalue weighted by Gasteiger charge is 2.72. The van der Waals surface area contributed by atoms with E-state index in [1.807, 2.05) is 0 Å². The predicted molar refractivity (Wildman–Crippen MR) is 134 cm³/mol. The van der Waals surface area contributed by atoms with Crippen molar-refractivity contribution in [2.24, 2.45) is 56.7 Å². The van der Waals surface area contributed by atoms with Crippen molar-refractivity contribution in [2.45, 2.75) is 112 Å². The fourth-order valence-electron chi connectivity index (χ4n) is 10.8. The Bertz CT molecular complexity index is 923. The van der Waals surface area contributed by atoms with E-state index in [-0.39, 0.29) is 28.6 Å². The fraction of sp³-hybridized carbons (Fsp3) is 0.900. The highest BCUT2D eigenvalue weighted by Crippen LogP contribution is 2.76. The number of carboxylic acids is 1. The van der Waals surface area contributed by atoms with E-state index in [0.29, 0.717) is 29.6 Å². The molecule has 0 saturated heterocycles. The molecule has 192 valence electrons. The third kappa shape index (κ3) is 2.71. The quantitative estimate of drug-likeness (QED) is 0.304. The van der Waals surface area contributed by atoms with E-state index in [9.17, 15) is 20.1 Å².